The summed E-state index contributed by atoms with van der Waals surface area (Å²) in [5.74, 6) is 4.53. The predicted molar refractivity (Wildman–Crippen MR) is 121 cm³/mol. The summed E-state index contributed by atoms with van der Waals surface area (Å²) in [6.07, 6.45) is 12.7. The van der Waals surface area contributed by atoms with E-state index in [-0.39, 0.29) is 0 Å². The highest BCUT2D eigenvalue weighted by molar-refractivity contribution is 5.52. The molecule has 2 aliphatic heterocycles. The van der Waals surface area contributed by atoms with Gasteiger partial charge in [0.25, 0.3) is 0 Å². The van der Waals surface area contributed by atoms with Gasteiger partial charge in [-0.2, -0.15) is 0 Å². The second kappa shape index (κ2) is 8.47. The number of hydrogen-bond donors (Lipinski definition) is 1. The number of pyridine rings is 1. The molecule has 0 atom stereocenters. The maximum atomic E-state index is 5.40. The van der Waals surface area contributed by atoms with Crippen LogP contribution in [0.5, 0.6) is 0 Å². The number of hydrogen-bond acceptors (Lipinski definition) is 6. The van der Waals surface area contributed by atoms with E-state index >= 15 is 0 Å². The van der Waals surface area contributed by atoms with Crippen molar-refractivity contribution in [1.82, 2.24) is 19.9 Å². The van der Waals surface area contributed by atoms with Gasteiger partial charge in [0.15, 0.2) is 0 Å². The Balaban J connectivity index is 1.18. The summed E-state index contributed by atoms with van der Waals surface area (Å²) >= 11 is 0. The Kier molecular flexibility index (Phi) is 5.36. The number of nitrogens with zero attached hydrogens (tertiary/aromatic N) is 4. The molecule has 164 valence electrons. The lowest BCUT2D eigenvalue weighted by Crippen LogP contribution is -2.34. The van der Waals surface area contributed by atoms with Crippen molar-refractivity contribution >= 4 is 11.6 Å². The molecule has 6 nitrogen and oxygen atoms in total. The van der Waals surface area contributed by atoms with Crippen molar-refractivity contribution in [3.8, 4) is 0 Å². The van der Waals surface area contributed by atoms with Crippen LogP contribution in [0.1, 0.15) is 67.3 Å². The first kappa shape index (κ1) is 19.6. The monoisotopic (exact) mass is 419 g/mol. The molecule has 2 saturated heterocycles. The standard InChI is InChI=1S/C25H33N5O/c1-2-17(1)14-30-7-5-19(6-8-30)21-10-22(9-18-15-31-16-18)28-24(11-21)29-25-13-26-23(12-27-25)20-3-4-20/h10-13,17-20H,1-9,14-16H2,(H,27,28,29). The van der Waals surface area contributed by atoms with Gasteiger partial charge in [0.05, 0.1) is 31.3 Å². The van der Waals surface area contributed by atoms with Crippen molar-refractivity contribution in [3.05, 3.63) is 41.5 Å². The van der Waals surface area contributed by atoms with Gasteiger partial charge >= 0.3 is 0 Å². The Morgan fingerprint density at radius 2 is 1.71 bits per heavy atom. The van der Waals surface area contributed by atoms with Gasteiger partial charge in [-0.05, 0) is 87.6 Å². The number of aromatic nitrogens is 3. The molecule has 2 aromatic rings. The van der Waals surface area contributed by atoms with E-state index in [4.69, 9.17) is 9.72 Å². The van der Waals surface area contributed by atoms with Gasteiger partial charge in [-0.25, -0.2) is 9.97 Å². The summed E-state index contributed by atoms with van der Waals surface area (Å²) in [7, 11) is 0. The lowest BCUT2D eigenvalue weighted by Gasteiger charge is -2.32. The number of ether oxygens (including phenoxy) is 1. The minimum Gasteiger partial charge on any atom is -0.381 e. The van der Waals surface area contributed by atoms with Crippen LogP contribution in [0.25, 0.3) is 0 Å². The smallest absolute Gasteiger partial charge is 0.150 e. The van der Waals surface area contributed by atoms with Crippen LogP contribution in [0.2, 0.25) is 0 Å². The van der Waals surface area contributed by atoms with Gasteiger partial charge in [-0.15, -0.1) is 0 Å². The topological polar surface area (TPSA) is 63.2 Å². The lowest BCUT2D eigenvalue weighted by atomic mass is 9.88. The number of rotatable bonds is 8. The molecule has 2 aromatic heterocycles. The molecule has 0 aromatic carbocycles. The van der Waals surface area contributed by atoms with Crippen LogP contribution in [0.4, 0.5) is 11.6 Å². The maximum Gasteiger partial charge on any atom is 0.150 e. The molecule has 31 heavy (non-hydrogen) atoms. The number of nitrogens with one attached hydrogen (secondary N) is 1. The average molecular weight is 420 g/mol. The highest BCUT2D eigenvalue weighted by atomic mass is 16.5. The van der Waals surface area contributed by atoms with Crippen molar-refractivity contribution < 1.29 is 4.74 Å². The molecule has 0 radical (unpaired) electrons. The summed E-state index contributed by atoms with van der Waals surface area (Å²) < 4.78 is 5.40. The summed E-state index contributed by atoms with van der Waals surface area (Å²) in [5, 5.41) is 3.44. The van der Waals surface area contributed by atoms with Crippen LogP contribution >= 0.6 is 0 Å². The van der Waals surface area contributed by atoms with Gasteiger partial charge in [-0.1, -0.05) is 0 Å². The molecule has 0 unspecified atom stereocenters. The molecular formula is C25H33N5O. The second-order valence-electron chi connectivity index (χ2n) is 10.1. The molecule has 2 saturated carbocycles. The molecule has 6 rings (SSSR count). The summed E-state index contributed by atoms with van der Waals surface area (Å²) in [6.45, 7) is 5.50. The van der Waals surface area contributed by atoms with E-state index in [0.29, 0.717) is 17.8 Å². The van der Waals surface area contributed by atoms with Crippen LogP contribution in [-0.2, 0) is 11.2 Å². The molecule has 0 amide bonds. The van der Waals surface area contributed by atoms with E-state index in [0.717, 1.165) is 42.9 Å². The van der Waals surface area contributed by atoms with E-state index in [1.54, 1.807) is 0 Å². The Hall–Kier alpha value is -2.05. The van der Waals surface area contributed by atoms with Crippen LogP contribution in [0.3, 0.4) is 0 Å². The maximum absolute atomic E-state index is 5.40. The fourth-order valence-corrected chi connectivity index (χ4v) is 4.95. The minimum absolute atomic E-state index is 0.605. The van der Waals surface area contributed by atoms with E-state index in [2.05, 4.69) is 32.3 Å². The molecule has 1 N–H and O–H groups in total. The number of piperidine rings is 1. The molecule has 2 aliphatic carbocycles. The first-order valence-electron chi connectivity index (χ1n) is 12.2. The van der Waals surface area contributed by atoms with Crippen LogP contribution in [0.15, 0.2) is 24.5 Å². The highest BCUT2D eigenvalue weighted by Gasteiger charge is 2.28. The molecule has 4 fully saturated rings. The Morgan fingerprint density at radius 1 is 0.871 bits per heavy atom. The van der Waals surface area contributed by atoms with E-state index in [1.807, 2.05) is 12.4 Å². The fourth-order valence-electron chi connectivity index (χ4n) is 4.95. The number of likely N-dealkylation sites (tertiary alicyclic amines) is 1. The zero-order valence-corrected chi connectivity index (χ0v) is 18.3. The van der Waals surface area contributed by atoms with Crippen molar-refractivity contribution in [2.45, 2.75) is 56.8 Å². The number of anilines is 2. The zero-order valence-electron chi connectivity index (χ0n) is 18.3. The second-order valence-corrected chi connectivity index (χ2v) is 10.1. The molecule has 0 bridgehead atoms. The minimum atomic E-state index is 0.605. The van der Waals surface area contributed by atoms with Crippen LogP contribution in [-0.4, -0.2) is 52.7 Å². The summed E-state index contributed by atoms with van der Waals surface area (Å²) in [5.41, 5.74) is 3.73. The Labute approximate surface area is 184 Å². The third kappa shape index (κ3) is 4.90. The van der Waals surface area contributed by atoms with Crippen molar-refractivity contribution in [2.75, 3.05) is 38.2 Å². The lowest BCUT2D eigenvalue weighted by molar-refractivity contribution is -0.0316. The van der Waals surface area contributed by atoms with Gasteiger partial charge in [0.1, 0.15) is 11.6 Å². The molecule has 4 aliphatic rings. The summed E-state index contributed by atoms with van der Waals surface area (Å²) in [6, 6.07) is 4.60. The van der Waals surface area contributed by atoms with Crippen molar-refractivity contribution in [2.24, 2.45) is 11.8 Å². The largest absolute Gasteiger partial charge is 0.381 e. The van der Waals surface area contributed by atoms with Crippen LogP contribution < -0.4 is 5.32 Å². The quantitative estimate of drug-likeness (QED) is 0.689. The Morgan fingerprint density at radius 3 is 2.35 bits per heavy atom. The highest BCUT2D eigenvalue weighted by Crippen LogP contribution is 2.39. The molecular weight excluding hydrogens is 386 g/mol. The van der Waals surface area contributed by atoms with Crippen LogP contribution in [0, 0.1) is 11.8 Å². The SMILES string of the molecule is c1c(C2CCN(CC3CC3)CC2)cc(Nc2cnc(C3CC3)cn2)nc1CC1COC1. The zero-order chi connectivity index (χ0) is 20.6. The van der Waals surface area contributed by atoms with E-state index < -0.39 is 0 Å². The third-order valence-electron chi connectivity index (χ3n) is 7.30. The van der Waals surface area contributed by atoms with E-state index in [1.165, 1.54) is 69.4 Å². The van der Waals surface area contributed by atoms with Gasteiger partial charge in [0, 0.05) is 24.1 Å². The first-order valence-corrected chi connectivity index (χ1v) is 12.2. The molecule has 4 heterocycles. The fraction of sp³-hybridized carbons (Fsp3) is 0.640. The van der Waals surface area contributed by atoms with Crippen molar-refractivity contribution in [1.29, 1.82) is 0 Å². The predicted octanol–water partition coefficient (Wildman–Crippen LogP) is 4.27. The summed E-state index contributed by atoms with van der Waals surface area (Å²) in [4.78, 5) is 16.8. The average Bonchev–Trinajstić information content (AvgIpc) is 3.66. The molecule has 6 heteroatoms. The van der Waals surface area contributed by atoms with Crippen molar-refractivity contribution in [3.63, 3.8) is 0 Å². The van der Waals surface area contributed by atoms with Gasteiger partial charge in [0.2, 0.25) is 0 Å². The van der Waals surface area contributed by atoms with Gasteiger partial charge < -0.3 is 15.0 Å². The normalized spacial score (nSPS) is 23.0. The third-order valence-corrected chi connectivity index (χ3v) is 7.30. The van der Waals surface area contributed by atoms with E-state index in [9.17, 15) is 0 Å². The Bertz CT molecular complexity index is 897. The first-order chi connectivity index (χ1) is 15.3. The van der Waals surface area contributed by atoms with Gasteiger partial charge in [-0.3, -0.25) is 4.98 Å². The molecule has 0 spiro atoms.